The number of carbonyl (C=O) groups excluding carboxylic acids is 2. The smallest absolute Gasteiger partial charge is 0.270 e. The fraction of sp³-hybridized carbons (Fsp3) is 0.346. The summed E-state index contributed by atoms with van der Waals surface area (Å²) in [4.78, 5) is 29.8. The van der Waals surface area contributed by atoms with Crippen LogP contribution >= 0.6 is 12.2 Å². The van der Waals surface area contributed by atoms with Crippen molar-refractivity contribution in [1.29, 1.82) is 0 Å². The highest BCUT2D eigenvalue weighted by Gasteiger charge is 2.37. The van der Waals surface area contributed by atoms with Crippen molar-refractivity contribution in [3.05, 3.63) is 64.7 Å². The van der Waals surface area contributed by atoms with Gasteiger partial charge in [0.2, 0.25) is 0 Å². The second-order valence-electron chi connectivity index (χ2n) is 9.22. The third kappa shape index (κ3) is 3.73. The third-order valence-electron chi connectivity index (χ3n) is 6.51. The van der Waals surface area contributed by atoms with Crippen LogP contribution in [0.3, 0.4) is 0 Å². The fourth-order valence-corrected chi connectivity index (χ4v) is 5.31. The Labute approximate surface area is 195 Å². The molecule has 2 aliphatic heterocycles. The first kappa shape index (κ1) is 22.2. The monoisotopic (exact) mass is 447 g/mol. The highest BCUT2D eigenvalue weighted by molar-refractivity contribution is 7.80. The molecule has 2 heterocycles. The molecule has 2 aromatic carbocycles. The number of hydrogen-bond donors (Lipinski definition) is 1. The van der Waals surface area contributed by atoms with Crippen LogP contribution in [0.5, 0.6) is 0 Å². The van der Waals surface area contributed by atoms with E-state index in [2.05, 4.69) is 50.0 Å². The highest BCUT2D eigenvalue weighted by Crippen LogP contribution is 2.44. The van der Waals surface area contributed by atoms with E-state index in [9.17, 15) is 9.59 Å². The lowest BCUT2D eigenvalue weighted by Crippen LogP contribution is -2.54. The van der Waals surface area contributed by atoms with Gasteiger partial charge in [0.1, 0.15) is 5.57 Å². The molecule has 0 aliphatic carbocycles. The van der Waals surface area contributed by atoms with Gasteiger partial charge in [-0.2, -0.15) is 0 Å². The van der Waals surface area contributed by atoms with Crippen molar-refractivity contribution >= 4 is 46.6 Å². The molecule has 0 bridgehead atoms. The van der Waals surface area contributed by atoms with Crippen LogP contribution in [0.1, 0.15) is 56.7 Å². The minimum Gasteiger partial charge on any atom is -0.366 e. The molecule has 1 fully saturated rings. The second kappa shape index (κ2) is 8.17. The van der Waals surface area contributed by atoms with Crippen molar-refractivity contribution < 1.29 is 9.59 Å². The number of para-hydroxylation sites is 1. The van der Waals surface area contributed by atoms with Crippen LogP contribution in [0.15, 0.2) is 48.0 Å². The summed E-state index contributed by atoms with van der Waals surface area (Å²) in [5.74, 6) is -0.495. The van der Waals surface area contributed by atoms with Gasteiger partial charge in [0.05, 0.1) is 5.69 Å². The van der Waals surface area contributed by atoms with Crippen LogP contribution in [-0.2, 0) is 9.59 Å². The van der Waals surface area contributed by atoms with Gasteiger partial charge in [-0.1, -0.05) is 25.1 Å². The molecular formula is C26H29N3O2S. The van der Waals surface area contributed by atoms with Crippen molar-refractivity contribution in [2.75, 3.05) is 16.3 Å². The first-order valence-corrected chi connectivity index (χ1v) is 11.4. The quantitative estimate of drug-likeness (QED) is 0.411. The van der Waals surface area contributed by atoms with Gasteiger partial charge in [-0.05, 0) is 99.3 Å². The Bertz CT molecular complexity index is 1140. The van der Waals surface area contributed by atoms with E-state index in [4.69, 9.17) is 12.2 Å². The molecule has 1 saturated heterocycles. The lowest BCUT2D eigenvalue weighted by atomic mass is 9.79. The Balaban J connectivity index is 1.78. The number of amides is 2. The summed E-state index contributed by atoms with van der Waals surface area (Å²) in [6.07, 6.45) is 2.75. The van der Waals surface area contributed by atoms with E-state index in [0.29, 0.717) is 11.6 Å². The van der Waals surface area contributed by atoms with Gasteiger partial charge in [0, 0.05) is 17.8 Å². The number of hydrogen-bond acceptors (Lipinski definition) is 4. The summed E-state index contributed by atoms with van der Waals surface area (Å²) in [5.41, 5.74) is 5.20. The Kier molecular flexibility index (Phi) is 5.67. The fourth-order valence-electron chi connectivity index (χ4n) is 5.03. The van der Waals surface area contributed by atoms with Gasteiger partial charge in [0.25, 0.3) is 11.8 Å². The van der Waals surface area contributed by atoms with Crippen molar-refractivity contribution in [3.63, 3.8) is 0 Å². The zero-order valence-electron chi connectivity index (χ0n) is 19.2. The van der Waals surface area contributed by atoms with E-state index in [-0.39, 0.29) is 16.2 Å². The largest absolute Gasteiger partial charge is 0.366 e. The summed E-state index contributed by atoms with van der Waals surface area (Å²) >= 11 is 5.29. The summed E-state index contributed by atoms with van der Waals surface area (Å²) in [7, 11) is 0. The van der Waals surface area contributed by atoms with E-state index < -0.39 is 11.8 Å². The predicted octanol–water partition coefficient (Wildman–Crippen LogP) is 4.94. The minimum atomic E-state index is -0.464. The van der Waals surface area contributed by atoms with Gasteiger partial charge in [-0.25, -0.2) is 0 Å². The molecule has 5 nitrogen and oxygen atoms in total. The van der Waals surface area contributed by atoms with E-state index in [1.54, 1.807) is 18.2 Å². The molecule has 0 saturated carbocycles. The molecule has 1 atom stereocenters. The predicted molar refractivity (Wildman–Crippen MR) is 134 cm³/mol. The number of fused-ring (bicyclic) bond motifs is 1. The lowest BCUT2D eigenvalue weighted by molar-refractivity contribution is -0.122. The molecule has 1 unspecified atom stereocenters. The molecule has 32 heavy (non-hydrogen) atoms. The maximum atomic E-state index is 13.3. The zero-order chi connectivity index (χ0) is 23.2. The van der Waals surface area contributed by atoms with Gasteiger partial charge >= 0.3 is 0 Å². The Morgan fingerprint density at radius 3 is 2.53 bits per heavy atom. The molecule has 2 amide bonds. The Hall–Kier alpha value is -2.99. The summed E-state index contributed by atoms with van der Waals surface area (Å²) in [6, 6.07) is 13.5. The standard InChI is InChI=1S/C26H29N3O2S/c1-6-28-22-12-16(2)18(13-20(22)17(3)15-26(28,4)5)14-21-23(30)27-25(32)29(24(21)31)19-10-8-7-9-11-19/h7-14,17H,6,15H2,1-5H3,(H,27,30,32)/b21-14+. The van der Waals surface area contributed by atoms with Gasteiger partial charge in [-0.15, -0.1) is 0 Å². The number of anilines is 2. The number of nitrogens with one attached hydrogen (secondary N) is 1. The molecular weight excluding hydrogens is 418 g/mol. The van der Waals surface area contributed by atoms with E-state index >= 15 is 0 Å². The number of thiocarbonyl (C=S) groups is 1. The maximum Gasteiger partial charge on any atom is 0.270 e. The van der Waals surface area contributed by atoms with Crippen molar-refractivity contribution in [2.45, 2.75) is 52.5 Å². The van der Waals surface area contributed by atoms with Gasteiger partial charge in [0.15, 0.2) is 5.11 Å². The molecule has 0 radical (unpaired) electrons. The zero-order valence-corrected chi connectivity index (χ0v) is 20.0. The van der Waals surface area contributed by atoms with Crippen LogP contribution in [0.2, 0.25) is 0 Å². The molecule has 0 spiro atoms. The van der Waals surface area contributed by atoms with Gasteiger partial charge < -0.3 is 4.90 Å². The SMILES string of the molecule is CCN1c2cc(C)c(/C=C3\C(=O)NC(=S)N(c4ccccc4)C3=O)cc2C(C)CC1(C)C. The molecule has 2 aromatic rings. The Morgan fingerprint density at radius 1 is 1.19 bits per heavy atom. The molecule has 2 aliphatic rings. The first-order valence-electron chi connectivity index (χ1n) is 11.0. The van der Waals surface area contributed by atoms with Crippen molar-refractivity contribution in [2.24, 2.45) is 0 Å². The summed E-state index contributed by atoms with van der Waals surface area (Å²) < 4.78 is 0. The molecule has 1 N–H and O–H groups in total. The lowest BCUT2D eigenvalue weighted by Gasteiger charge is -2.47. The van der Waals surface area contributed by atoms with Crippen molar-refractivity contribution in [1.82, 2.24) is 5.32 Å². The molecule has 0 aromatic heterocycles. The van der Waals surface area contributed by atoms with Crippen LogP contribution < -0.4 is 15.1 Å². The number of benzene rings is 2. The number of carbonyl (C=O) groups is 2. The molecule has 6 heteroatoms. The normalized spacial score (nSPS) is 21.6. The second-order valence-corrected chi connectivity index (χ2v) is 9.61. The molecule has 166 valence electrons. The number of rotatable bonds is 3. The van der Waals surface area contributed by atoms with Gasteiger partial charge in [-0.3, -0.25) is 19.8 Å². The average molecular weight is 448 g/mol. The van der Waals surface area contributed by atoms with Crippen LogP contribution in [0.25, 0.3) is 6.08 Å². The third-order valence-corrected chi connectivity index (χ3v) is 6.79. The van der Waals surface area contributed by atoms with Crippen LogP contribution in [0.4, 0.5) is 11.4 Å². The van der Waals surface area contributed by atoms with Crippen LogP contribution in [-0.4, -0.2) is 29.0 Å². The highest BCUT2D eigenvalue weighted by atomic mass is 32.1. The van der Waals surface area contributed by atoms with E-state index in [1.165, 1.54) is 16.2 Å². The average Bonchev–Trinajstić information content (AvgIpc) is 2.72. The number of nitrogens with zero attached hydrogens (tertiary/aromatic N) is 2. The van der Waals surface area contributed by atoms with Crippen LogP contribution in [0, 0.1) is 6.92 Å². The maximum absolute atomic E-state index is 13.3. The van der Waals surface area contributed by atoms with E-state index in [1.807, 2.05) is 25.1 Å². The summed E-state index contributed by atoms with van der Waals surface area (Å²) in [6.45, 7) is 11.9. The van der Waals surface area contributed by atoms with Crippen molar-refractivity contribution in [3.8, 4) is 0 Å². The Morgan fingerprint density at radius 2 is 1.88 bits per heavy atom. The number of aryl methyl sites for hydroxylation is 1. The molecule has 4 rings (SSSR count). The summed E-state index contributed by atoms with van der Waals surface area (Å²) in [5, 5.41) is 2.76. The topological polar surface area (TPSA) is 52.7 Å². The first-order chi connectivity index (χ1) is 15.1. The van der Waals surface area contributed by atoms with E-state index in [0.717, 1.165) is 24.1 Å². The minimum absolute atomic E-state index is 0.0820.